The van der Waals surface area contributed by atoms with Crippen molar-refractivity contribution < 1.29 is 27.5 Å². The van der Waals surface area contributed by atoms with Crippen molar-refractivity contribution in [2.24, 2.45) is 0 Å². The van der Waals surface area contributed by atoms with Crippen molar-refractivity contribution in [3.63, 3.8) is 0 Å². The summed E-state index contributed by atoms with van der Waals surface area (Å²) < 4.78 is 0. The van der Waals surface area contributed by atoms with Gasteiger partial charge < -0.3 is 27.5 Å². The SMILES string of the molecule is [Cl-].[Mg+2].[Mg+2].[O-]B([O-])[O-]. The van der Waals surface area contributed by atoms with Gasteiger partial charge in [0.05, 0.1) is 0 Å². The van der Waals surface area contributed by atoms with E-state index in [2.05, 4.69) is 0 Å². The minimum atomic E-state index is -2.92. The molecule has 0 radical (unpaired) electrons. The molecule has 0 N–H and O–H groups in total. The predicted octanol–water partition coefficient (Wildman–Crippen LogP) is -7.71. The quantitative estimate of drug-likeness (QED) is 0.316. The molecular weight excluding hydrogens is 143 g/mol. The maximum absolute atomic E-state index is 8.42. The zero-order chi connectivity index (χ0) is 3.58. The fourth-order valence-electron chi connectivity index (χ4n) is 0. The molecule has 0 aromatic carbocycles. The van der Waals surface area contributed by atoms with Gasteiger partial charge >= 0.3 is 46.1 Å². The summed E-state index contributed by atoms with van der Waals surface area (Å²) in [4.78, 5) is 0. The smallest absolute Gasteiger partial charge is 1.00 e. The molecule has 0 aliphatic heterocycles. The second kappa shape index (κ2) is 15.7. The Morgan fingerprint density at radius 1 is 0.857 bits per heavy atom. The summed E-state index contributed by atoms with van der Waals surface area (Å²) in [7, 11) is -2.92. The largest absolute Gasteiger partial charge is 2.00 e. The zero-order valence-electron chi connectivity index (χ0n) is 3.59. The summed E-state index contributed by atoms with van der Waals surface area (Å²) in [5.74, 6) is 0. The van der Waals surface area contributed by atoms with Crippen LogP contribution in [0.2, 0.25) is 0 Å². The van der Waals surface area contributed by atoms with Gasteiger partial charge in [-0.1, -0.05) is 0 Å². The van der Waals surface area contributed by atoms with Gasteiger partial charge in [-0.2, -0.15) is 0 Å². The van der Waals surface area contributed by atoms with Crippen LogP contribution < -0.4 is 27.5 Å². The monoisotopic (exact) mass is 142 g/mol. The molecule has 0 fully saturated rings. The molecule has 0 rings (SSSR count). The van der Waals surface area contributed by atoms with Crippen LogP contribution in [-0.4, -0.2) is 53.4 Å². The molecule has 0 heterocycles. The molecule has 0 aliphatic carbocycles. The standard InChI is InChI=1S/BO3.ClH.2Mg/c2-1(3)4;;;/h;1H;;/q-3;;2*+2/p-1. The van der Waals surface area contributed by atoms with Crippen LogP contribution >= 0.6 is 0 Å². The second-order valence-corrected chi connectivity index (χ2v) is 0.289. The molecule has 7 heteroatoms. The minimum Gasteiger partial charge on any atom is -1.00 e. The van der Waals surface area contributed by atoms with Gasteiger partial charge in [0.15, 0.2) is 0 Å². The van der Waals surface area contributed by atoms with Crippen LogP contribution in [0.5, 0.6) is 0 Å². The average molecular weight is 143 g/mol. The van der Waals surface area contributed by atoms with E-state index in [0.29, 0.717) is 0 Å². The van der Waals surface area contributed by atoms with Crippen LogP contribution in [-0.2, 0) is 0 Å². The Kier molecular flexibility index (Phi) is 52.0. The van der Waals surface area contributed by atoms with Gasteiger partial charge in [0.2, 0.25) is 0 Å². The summed E-state index contributed by atoms with van der Waals surface area (Å²) in [6, 6.07) is 0. The Balaban J connectivity index is -0.0000000150. The summed E-state index contributed by atoms with van der Waals surface area (Å²) >= 11 is 0. The van der Waals surface area contributed by atoms with Gasteiger partial charge in [-0.15, -0.1) is 0 Å². The Morgan fingerprint density at radius 2 is 0.857 bits per heavy atom. The van der Waals surface area contributed by atoms with E-state index in [1.54, 1.807) is 0 Å². The van der Waals surface area contributed by atoms with Crippen molar-refractivity contribution in [2.75, 3.05) is 0 Å². The Hall–Kier alpha value is 1.77. The molecule has 0 aromatic heterocycles. The second-order valence-electron chi connectivity index (χ2n) is 0.289. The molecule has 0 bridgehead atoms. The molecule has 0 amide bonds. The van der Waals surface area contributed by atoms with E-state index in [1.807, 2.05) is 0 Å². The van der Waals surface area contributed by atoms with Crippen LogP contribution in [0, 0.1) is 0 Å². The average Bonchev–Trinajstić information content (AvgIpc) is 0.811. The summed E-state index contributed by atoms with van der Waals surface area (Å²) in [6.45, 7) is 0. The van der Waals surface area contributed by atoms with Gasteiger partial charge in [-0.05, 0) is 0 Å². The maximum Gasteiger partial charge on any atom is 2.00 e. The van der Waals surface area contributed by atoms with Crippen LogP contribution in [0.1, 0.15) is 0 Å². The Bertz CT molecular complexity index is 17.7. The first kappa shape index (κ1) is 23.3. The zero-order valence-corrected chi connectivity index (χ0v) is 7.18. The molecule has 0 aliphatic rings. The van der Waals surface area contributed by atoms with E-state index in [0.717, 1.165) is 0 Å². The molecule has 7 heavy (non-hydrogen) atoms. The Labute approximate surface area is 80.4 Å². The number of halogens is 1. The predicted molar refractivity (Wildman–Crippen MR) is 17.3 cm³/mol. The van der Waals surface area contributed by atoms with E-state index in [4.69, 9.17) is 15.1 Å². The van der Waals surface area contributed by atoms with Gasteiger partial charge in [-0.25, -0.2) is 0 Å². The van der Waals surface area contributed by atoms with Crippen molar-refractivity contribution in [3.05, 3.63) is 0 Å². The van der Waals surface area contributed by atoms with Crippen molar-refractivity contribution in [2.45, 2.75) is 0 Å². The van der Waals surface area contributed by atoms with Crippen molar-refractivity contribution in [3.8, 4) is 0 Å². The van der Waals surface area contributed by atoms with E-state index in [1.165, 1.54) is 0 Å². The fraction of sp³-hybridized carbons (Fsp3) is 0. The first-order chi connectivity index (χ1) is 1.73. The number of rotatable bonds is 0. The molecule has 32 valence electrons. The van der Waals surface area contributed by atoms with Gasteiger partial charge in [-0.3, -0.25) is 7.32 Å². The molecule has 0 saturated carbocycles. The van der Waals surface area contributed by atoms with E-state index in [-0.39, 0.29) is 58.5 Å². The normalized spacial score (nSPS) is 3.86. The first-order valence-corrected chi connectivity index (χ1v) is 0.707. The molecular formula is BClMg2O3. The van der Waals surface area contributed by atoms with Crippen molar-refractivity contribution in [1.29, 1.82) is 0 Å². The molecule has 0 atom stereocenters. The Morgan fingerprint density at radius 3 is 0.857 bits per heavy atom. The van der Waals surface area contributed by atoms with Crippen LogP contribution in [0.25, 0.3) is 0 Å². The molecule has 0 unspecified atom stereocenters. The molecule has 0 saturated heterocycles. The first-order valence-electron chi connectivity index (χ1n) is 0.707. The van der Waals surface area contributed by atoms with Crippen LogP contribution in [0.4, 0.5) is 0 Å². The third-order valence-electron chi connectivity index (χ3n) is 0. The molecule has 3 nitrogen and oxygen atoms in total. The van der Waals surface area contributed by atoms with Gasteiger partial charge in [0, 0.05) is 0 Å². The van der Waals surface area contributed by atoms with E-state index >= 15 is 0 Å². The summed E-state index contributed by atoms with van der Waals surface area (Å²) in [6.07, 6.45) is 0. The summed E-state index contributed by atoms with van der Waals surface area (Å²) in [5, 5.41) is 25.2. The van der Waals surface area contributed by atoms with Gasteiger partial charge in [0.25, 0.3) is 0 Å². The van der Waals surface area contributed by atoms with Crippen molar-refractivity contribution >= 4 is 53.4 Å². The number of hydrogen-bond acceptors (Lipinski definition) is 3. The molecule has 0 aromatic rings. The maximum atomic E-state index is 8.42. The van der Waals surface area contributed by atoms with Crippen LogP contribution in [0.3, 0.4) is 0 Å². The number of hydrogen-bond donors (Lipinski definition) is 0. The fourth-order valence-corrected chi connectivity index (χ4v) is 0. The van der Waals surface area contributed by atoms with Gasteiger partial charge in [0.1, 0.15) is 0 Å². The molecule has 0 spiro atoms. The summed E-state index contributed by atoms with van der Waals surface area (Å²) in [5.41, 5.74) is 0. The van der Waals surface area contributed by atoms with Crippen LogP contribution in [0.15, 0.2) is 0 Å². The topological polar surface area (TPSA) is 69.2 Å². The third kappa shape index (κ3) is 82.7. The van der Waals surface area contributed by atoms with E-state index < -0.39 is 7.32 Å². The van der Waals surface area contributed by atoms with Crippen molar-refractivity contribution in [1.82, 2.24) is 0 Å². The van der Waals surface area contributed by atoms with E-state index in [9.17, 15) is 0 Å². The third-order valence-corrected chi connectivity index (χ3v) is 0. The minimum absolute atomic E-state index is 0.